The fourth-order valence-corrected chi connectivity index (χ4v) is 5.15. The van der Waals surface area contributed by atoms with Gasteiger partial charge in [-0.3, -0.25) is 0 Å². The fraction of sp³-hybridized carbons (Fsp3) is 1.00. The Bertz CT molecular complexity index is 311. The molecule has 0 aromatic carbocycles. The van der Waals surface area contributed by atoms with E-state index in [0.717, 1.165) is 18.5 Å². The van der Waals surface area contributed by atoms with Crippen molar-refractivity contribution in [3.63, 3.8) is 0 Å². The Balaban J connectivity index is 1.49. The predicted octanol–water partition coefficient (Wildman–Crippen LogP) is 4.82. The number of hydrogen-bond donors (Lipinski definition) is 1. The van der Waals surface area contributed by atoms with Gasteiger partial charge in [0.15, 0.2) is 0 Å². The van der Waals surface area contributed by atoms with E-state index in [2.05, 4.69) is 12.2 Å². The topological polar surface area (TPSA) is 21.3 Å². The summed E-state index contributed by atoms with van der Waals surface area (Å²) in [4.78, 5) is 0. The zero-order chi connectivity index (χ0) is 14.5. The molecule has 1 saturated heterocycles. The van der Waals surface area contributed by atoms with Gasteiger partial charge in [-0.15, -0.1) is 0 Å². The minimum atomic E-state index is 0.314. The normalized spacial score (nSPS) is 36.7. The zero-order valence-electron chi connectivity index (χ0n) is 14.0. The summed E-state index contributed by atoms with van der Waals surface area (Å²) in [5.41, 5.74) is 0.314. The van der Waals surface area contributed by atoms with Crippen molar-refractivity contribution in [3.05, 3.63) is 0 Å². The molecule has 1 spiro atoms. The van der Waals surface area contributed by atoms with Crippen LogP contribution >= 0.6 is 0 Å². The molecule has 0 aromatic rings. The summed E-state index contributed by atoms with van der Waals surface area (Å²) in [6.45, 7) is 3.37. The minimum absolute atomic E-state index is 0.314. The molecule has 2 aliphatic carbocycles. The van der Waals surface area contributed by atoms with Gasteiger partial charge in [-0.1, -0.05) is 45.4 Å². The van der Waals surface area contributed by atoms with Gasteiger partial charge in [0.2, 0.25) is 0 Å². The molecule has 3 unspecified atom stereocenters. The van der Waals surface area contributed by atoms with Crippen LogP contribution in [-0.4, -0.2) is 24.3 Å². The summed E-state index contributed by atoms with van der Waals surface area (Å²) in [7, 11) is 0. The number of nitrogens with one attached hydrogen (secondary N) is 1. The summed E-state index contributed by atoms with van der Waals surface area (Å²) in [6.07, 6.45) is 18.6. The Labute approximate surface area is 131 Å². The standard InChI is InChI=1S/C19H35NO/c1-2-20-17-9-5-4-8-16(14-17)15-18-10-13-19(21-18)11-6-3-7-12-19/h16-18,20H,2-15H2,1H3. The lowest BCUT2D eigenvalue weighted by molar-refractivity contribution is -0.0704. The Kier molecular flexibility index (Phi) is 5.61. The molecule has 3 fully saturated rings. The van der Waals surface area contributed by atoms with Gasteiger partial charge in [-0.05, 0) is 57.4 Å². The zero-order valence-corrected chi connectivity index (χ0v) is 14.0. The van der Waals surface area contributed by atoms with E-state index in [4.69, 9.17) is 4.74 Å². The van der Waals surface area contributed by atoms with Gasteiger partial charge in [0.05, 0.1) is 11.7 Å². The van der Waals surface area contributed by atoms with Crippen molar-refractivity contribution in [2.24, 2.45) is 5.92 Å². The van der Waals surface area contributed by atoms with Crippen molar-refractivity contribution >= 4 is 0 Å². The van der Waals surface area contributed by atoms with Crippen LogP contribution in [0.1, 0.15) is 90.4 Å². The quantitative estimate of drug-likeness (QED) is 0.751. The van der Waals surface area contributed by atoms with Crippen LogP contribution in [0.4, 0.5) is 0 Å². The first kappa shape index (κ1) is 15.8. The average molecular weight is 293 g/mol. The summed E-state index contributed by atoms with van der Waals surface area (Å²) in [5, 5.41) is 3.70. The Hall–Kier alpha value is -0.0800. The molecule has 21 heavy (non-hydrogen) atoms. The minimum Gasteiger partial charge on any atom is -0.372 e. The second-order valence-corrected chi connectivity index (χ2v) is 7.90. The van der Waals surface area contributed by atoms with Gasteiger partial charge in [0.1, 0.15) is 0 Å². The molecule has 122 valence electrons. The number of rotatable bonds is 4. The van der Waals surface area contributed by atoms with Crippen molar-refractivity contribution in [2.75, 3.05) is 6.54 Å². The van der Waals surface area contributed by atoms with E-state index in [1.165, 1.54) is 83.5 Å². The first-order chi connectivity index (χ1) is 10.3. The van der Waals surface area contributed by atoms with Crippen LogP contribution in [0.25, 0.3) is 0 Å². The van der Waals surface area contributed by atoms with Crippen LogP contribution < -0.4 is 5.32 Å². The summed E-state index contributed by atoms with van der Waals surface area (Å²) in [6, 6.07) is 0.771. The van der Waals surface area contributed by atoms with Crippen molar-refractivity contribution in [1.29, 1.82) is 0 Å². The molecule has 0 amide bonds. The maximum absolute atomic E-state index is 6.61. The van der Waals surface area contributed by atoms with E-state index in [0.29, 0.717) is 11.7 Å². The highest BCUT2D eigenvalue weighted by molar-refractivity contribution is 4.92. The third kappa shape index (κ3) is 4.22. The monoisotopic (exact) mass is 293 g/mol. The lowest BCUT2D eigenvalue weighted by atomic mass is 9.83. The van der Waals surface area contributed by atoms with Crippen molar-refractivity contribution in [3.8, 4) is 0 Å². The highest BCUT2D eigenvalue weighted by atomic mass is 16.5. The largest absolute Gasteiger partial charge is 0.372 e. The van der Waals surface area contributed by atoms with Crippen LogP contribution in [-0.2, 0) is 4.74 Å². The van der Waals surface area contributed by atoms with E-state index in [9.17, 15) is 0 Å². The van der Waals surface area contributed by atoms with E-state index >= 15 is 0 Å². The summed E-state index contributed by atoms with van der Waals surface area (Å²) < 4.78 is 6.61. The molecule has 2 saturated carbocycles. The Morgan fingerprint density at radius 1 is 0.952 bits per heavy atom. The van der Waals surface area contributed by atoms with Gasteiger partial charge in [-0.2, -0.15) is 0 Å². The van der Waals surface area contributed by atoms with Crippen molar-refractivity contribution < 1.29 is 4.74 Å². The number of hydrogen-bond acceptors (Lipinski definition) is 2. The lowest BCUT2D eigenvalue weighted by Crippen LogP contribution is -2.33. The lowest BCUT2D eigenvalue weighted by Gasteiger charge is -2.34. The molecule has 1 N–H and O–H groups in total. The second-order valence-electron chi connectivity index (χ2n) is 7.90. The van der Waals surface area contributed by atoms with Gasteiger partial charge in [-0.25, -0.2) is 0 Å². The third-order valence-electron chi connectivity index (χ3n) is 6.23. The molecule has 0 bridgehead atoms. The molecule has 1 aliphatic heterocycles. The first-order valence-electron chi connectivity index (χ1n) is 9.71. The van der Waals surface area contributed by atoms with Crippen molar-refractivity contribution in [2.45, 2.75) is 108 Å². The van der Waals surface area contributed by atoms with Gasteiger partial charge < -0.3 is 10.1 Å². The van der Waals surface area contributed by atoms with E-state index in [1.807, 2.05) is 0 Å². The molecule has 0 aromatic heterocycles. The molecule has 3 atom stereocenters. The molecular weight excluding hydrogens is 258 g/mol. The molecule has 2 heteroatoms. The van der Waals surface area contributed by atoms with Gasteiger partial charge in [0.25, 0.3) is 0 Å². The molecule has 2 nitrogen and oxygen atoms in total. The van der Waals surface area contributed by atoms with E-state index < -0.39 is 0 Å². The second kappa shape index (κ2) is 7.46. The van der Waals surface area contributed by atoms with E-state index in [-0.39, 0.29) is 0 Å². The van der Waals surface area contributed by atoms with Crippen LogP contribution in [0.2, 0.25) is 0 Å². The maximum atomic E-state index is 6.61. The van der Waals surface area contributed by atoms with Crippen molar-refractivity contribution in [1.82, 2.24) is 5.32 Å². The molecular formula is C19H35NO. The van der Waals surface area contributed by atoms with Crippen LogP contribution in [0.15, 0.2) is 0 Å². The summed E-state index contributed by atoms with van der Waals surface area (Å²) >= 11 is 0. The SMILES string of the molecule is CCNC1CCCCC(CC2CCC3(CCCCC3)O2)C1. The Morgan fingerprint density at radius 3 is 2.57 bits per heavy atom. The highest BCUT2D eigenvalue weighted by Gasteiger charge is 2.41. The fourth-order valence-electron chi connectivity index (χ4n) is 5.15. The first-order valence-corrected chi connectivity index (χ1v) is 9.71. The predicted molar refractivity (Wildman–Crippen MR) is 88.6 cm³/mol. The van der Waals surface area contributed by atoms with Gasteiger partial charge in [0, 0.05) is 6.04 Å². The molecule has 0 radical (unpaired) electrons. The molecule has 3 aliphatic rings. The van der Waals surface area contributed by atoms with Gasteiger partial charge >= 0.3 is 0 Å². The third-order valence-corrected chi connectivity index (χ3v) is 6.23. The van der Waals surface area contributed by atoms with E-state index in [1.54, 1.807) is 0 Å². The molecule has 1 heterocycles. The average Bonchev–Trinajstić information content (AvgIpc) is 2.72. The summed E-state index contributed by atoms with van der Waals surface area (Å²) in [5.74, 6) is 0.903. The highest BCUT2D eigenvalue weighted by Crippen LogP contribution is 2.44. The molecule has 3 rings (SSSR count). The van der Waals surface area contributed by atoms with Crippen LogP contribution in [0.3, 0.4) is 0 Å². The smallest absolute Gasteiger partial charge is 0.0687 e. The number of ether oxygens (including phenoxy) is 1. The maximum Gasteiger partial charge on any atom is 0.0687 e. The van der Waals surface area contributed by atoms with Crippen LogP contribution in [0, 0.1) is 5.92 Å². The van der Waals surface area contributed by atoms with Crippen LogP contribution in [0.5, 0.6) is 0 Å². The Morgan fingerprint density at radius 2 is 1.76 bits per heavy atom.